The highest BCUT2D eigenvalue weighted by atomic mass is 16.5. The lowest BCUT2D eigenvalue weighted by Gasteiger charge is -2.40. The van der Waals surface area contributed by atoms with Crippen LogP contribution in [0.15, 0.2) is 0 Å². The van der Waals surface area contributed by atoms with Gasteiger partial charge in [-0.2, -0.15) is 0 Å². The Kier molecular flexibility index (Phi) is 10.7. The Hall–Kier alpha value is -2.51. The lowest BCUT2D eigenvalue weighted by molar-refractivity contribution is -0.135. The van der Waals surface area contributed by atoms with Crippen molar-refractivity contribution >= 4 is 17.8 Å². The summed E-state index contributed by atoms with van der Waals surface area (Å²) in [5, 5.41) is 0. The molecule has 1 aromatic rings. The van der Waals surface area contributed by atoms with Crippen LogP contribution in [0.1, 0.15) is 105 Å². The maximum atomic E-state index is 13.5. The maximum Gasteiger partial charge on any atom is 0.342 e. The molecule has 184 valence electrons. The number of esters is 1. The predicted molar refractivity (Wildman–Crippen MR) is 127 cm³/mol. The topological polar surface area (TPSA) is 92.7 Å². The quantitative estimate of drug-likeness (QED) is 0.367. The van der Waals surface area contributed by atoms with Gasteiger partial charge in [-0.3, -0.25) is 9.59 Å². The zero-order valence-corrected chi connectivity index (χ0v) is 21.0. The number of hydrogen-bond donors (Lipinski definition) is 0. The van der Waals surface area contributed by atoms with E-state index in [2.05, 4.69) is 16.9 Å². The second-order valence-electron chi connectivity index (χ2n) is 8.76. The summed E-state index contributed by atoms with van der Waals surface area (Å²) < 4.78 is 5.22. The van der Waals surface area contributed by atoms with Crippen LogP contribution in [0.25, 0.3) is 0 Å². The fourth-order valence-corrected chi connectivity index (χ4v) is 4.31. The molecule has 1 aliphatic rings. The van der Waals surface area contributed by atoms with E-state index in [0.29, 0.717) is 44.0 Å². The molecule has 2 heterocycles. The molecule has 0 aromatic carbocycles. The average Bonchev–Trinajstić information content (AvgIpc) is 2.78. The van der Waals surface area contributed by atoms with Crippen LogP contribution in [0.2, 0.25) is 0 Å². The lowest BCUT2D eigenvalue weighted by atomic mass is 10.0. The fourth-order valence-electron chi connectivity index (χ4n) is 4.31. The van der Waals surface area contributed by atoms with Crippen molar-refractivity contribution in [2.24, 2.45) is 0 Å². The summed E-state index contributed by atoms with van der Waals surface area (Å²) in [6, 6.07) is -0.0880. The summed E-state index contributed by atoms with van der Waals surface area (Å²) in [5.41, 5.74) is 0.830. The number of aryl methyl sites for hydroxylation is 2. The van der Waals surface area contributed by atoms with Crippen molar-refractivity contribution < 1.29 is 19.1 Å². The summed E-state index contributed by atoms with van der Waals surface area (Å²) in [6.45, 7) is 11.1. The Morgan fingerprint density at radius 2 is 1.73 bits per heavy atom. The SMILES string of the molecule is CCCCCCCC(=O)N1CCN(C(=O)c2nc(C)nc(CCC)c2C(=O)OCC)CC1C. The van der Waals surface area contributed by atoms with E-state index < -0.39 is 5.97 Å². The van der Waals surface area contributed by atoms with Crippen molar-refractivity contribution in [2.45, 2.75) is 92.0 Å². The predicted octanol–water partition coefficient (Wildman–Crippen LogP) is 3.95. The van der Waals surface area contributed by atoms with Gasteiger partial charge in [0.05, 0.1) is 12.3 Å². The largest absolute Gasteiger partial charge is 0.462 e. The van der Waals surface area contributed by atoms with Crippen LogP contribution < -0.4 is 0 Å². The molecule has 33 heavy (non-hydrogen) atoms. The van der Waals surface area contributed by atoms with E-state index in [1.165, 1.54) is 19.3 Å². The molecule has 1 atom stereocenters. The molecule has 1 aliphatic heterocycles. The third kappa shape index (κ3) is 7.24. The molecule has 0 radical (unpaired) electrons. The second kappa shape index (κ2) is 13.3. The van der Waals surface area contributed by atoms with Gasteiger partial charge in [0.25, 0.3) is 5.91 Å². The first-order valence-electron chi connectivity index (χ1n) is 12.5. The molecule has 2 rings (SSSR count). The molecule has 0 aliphatic carbocycles. The van der Waals surface area contributed by atoms with Crippen molar-refractivity contribution in [3.63, 3.8) is 0 Å². The molecule has 1 aromatic heterocycles. The molecular formula is C25H40N4O4. The van der Waals surface area contributed by atoms with Crippen molar-refractivity contribution in [2.75, 3.05) is 26.2 Å². The number of amides is 2. The van der Waals surface area contributed by atoms with E-state index in [0.717, 1.165) is 19.3 Å². The van der Waals surface area contributed by atoms with Gasteiger partial charge >= 0.3 is 5.97 Å². The molecule has 1 saturated heterocycles. The van der Waals surface area contributed by atoms with Gasteiger partial charge in [0, 0.05) is 32.1 Å². The highest BCUT2D eigenvalue weighted by Gasteiger charge is 2.33. The molecule has 0 bridgehead atoms. The monoisotopic (exact) mass is 460 g/mol. The molecular weight excluding hydrogens is 420 g/mol. The van der Waals surface area contributed by atoms with Gasteiger partial charge in [-0.15, -0.1) is 0 Å². The number of unbranched alkanes of at least 4 members (excludes halogenated alkanes) is 4. The highest BCUT2D eigenvalue weighted by molar-refractivity contribution is 6.04. The van der Waals surface area contributed by atoms with Gasteiger partial charge in [-0.1, -0.05) is 46.0 Å². The number of carbonyl (C=O) groups excluding carboxylic acids is 3. The summed E-state index contributed by atoms with van der Waals surface area (Å²) in [4.78, 5) is 51.2. The van der Waals surface area contributed by atoms with E-state index in [-0.39, 0.29) is 35.7 Å². The first kappa shape index (κ1) is 26.7. The third-order valence-corrected chi connectivity index (χ3v) is 5.99. The molecule has 0 saturated carbocycles. The number of nitrogens with zero attached hydrogens (tertiary/aromatic N) is 4. The lowest BCUT2D eigenvalue weighted by Crippen LogP contribution is -2.55. The molecule has 8 heteroatoms. The zero-order chi connectivity index (χ0) is 24.4. The fraction of sp³-hybridized carbons (Fsp3) is 0.720. The standard InChI is InChI=1S/C25H40N4O4/c1-6-9-10-11-12-14-21(30)29-16-15-28(17-18(29)4)24(31)23-22(25(32)33-8-3)20(13-7-2)26-19(5)27-23/h18H,6-17H2,1-5H3. The first-order valence-corrected chi connectivity index (χ1v) is 12.5. The van der Waals surface area contributed by atoms with Crippen LogP contribution in [0, 0.1) is 6.92 Å². The van der Waals surface area contributed by atoms with Crippen LogP contribution in [-0.2, 0) is 16.0 Å². The van der Waals surface area contributed by atoms with Crippen LogP contribution in [0.4, 0.5) is 0 Å². The van der Waals surface area contributed by atoms with Gasteiger partial charge in [0.1, 0.15) is 17.1 Å². The van der Waals surface area contributed by atoms with Gasteiger partial charge in [-0.25, -0.2) is 14.8 Å². The van der Waals surface area contributed by atoms with E-state index in [4.69, 9.17) is 4.74 Å². The van der Waals surface area contributed by atoms with E-state index >= 15 is 0 Å². The molecule has 8 nitrogen and oxygen atoms in total. The Balaban J connectivity index is 2.13. The van der Waals surface area contributed by atoms with Crippen LogP contribution in [0.3, 0.4) is 0 Å². The summed E-state index contributed by atoms with van der Waals surface area (Å²) in [7, 11) is 0. The number of carbonyl (C=O) groups is 3. The van der Waals surface area contributed by atoms with Crippen molar-refractivity contribution in [1.29, 1.82) is 0 Å². The number of rotatable bonds is 11. The van der Waals surface area contributed by atoms with Gasteiger partial charge in [0.15, 0.2) is 0 Å². The third-order valence-electron chi connectivity index (χ3n) is 5.99. The first-order chi connectivity index (χ1) is 15.8. The number of piperazine rings is 1. The maximum absolute atomic E-state index is 13.5. The summed E-state index contributed by atoms with van der Waals surface area (Å²) in [6.07, 6.45) is 7.46. The highest BCUT2D eigenvalue weighted by Crippen LogP contribution is 2.20. The van der Waals surface area contributed by atoms with E-state index in [9.17, 15) is 14.4 Å². The molecule has 2 amide bonds. The zero-order valence-electron chi connectivity index (χ0n) is 21.0. The van der Waals surface area contributed by atoms with Crippen molar-refractivity contribution in [1.82, 2.24) is 19.8 Å². The molecule has 0 N–H and O–H groups in total. The second-order valence-corrected chi connectivity index (χ2v) is 8.76. The smallest absolute Gasteiger partial charge is 0.342 e. The minimum Gasteiger partial charge on any atom is -0.462 e. The minimum absolute atomic E-state index is 0.0880. The van der Waals surface area contributed by atoms with E-state index in [1.54, 1.807) is 18.7 Å². The Labute approximate surface area is 198 Å². The Morgan fingerprint density at radius 1 is 1.00 bits per heavy atom. The van der Waals surface area contributed by atoms with E-state index in [1.807, 2.05) is 18.7 Å². The Morgan fingerprint density at radius 3 is 2.36 bits per heavy atom. The van der Waals surface area contributed by atoms with Crippen molar-refractivity contribution in [3.05, 3.63) is 22.8 Å². The number of hydrogen-bond acceptors (Lipinski definition) is 6. The molecule has 0 spiro atoms. The number of ether oxygens (including phenoxy) is 1. The normalized spacial score (nSPS) is 16.1. The van der Waals surface area contributed by atoms with Gasteiger partial charge in [-0.05, 0) is 33.6 Å². The van der Waals surface area contributed by atoms with Gasteiger partial charge < -0.3 is 14.5 Å². The molecule has 1 unspecified atom stereocenters. The van der Waals surface area contributed by atoms with Gasteiger partial charge in [0.2, 0.25) is 5.91 Å². The van der Waals surface area contributed by atoms with Crippen LogP contribution in [0.5, 0.6) is 0 Å². The molecule has 1 fully saturated rings. The summed E-state index contributed by atoms with van der Waals surface area (Å²) in [5.74, 6) is -0.255. The van der Waals surface area contributed by atoms with Crippen LogP contribution in [-0.4, -0.2) is 69.8 Å². The number of aromatic nitrogens is 2. The summed E-state index contributed by atoms with van der Waals surface area (Å²) >= 11 is 0. The Bertz CT molecular complexity index is 827. The average molecular weight is 461 g/mol. The minimum atomic E-state index is -0.561. The van der Waals surface area contributed by atoms with Crippen molar-refractivity contribution in [3.8, 4) is 0 Å². The van der Waals surface area contributed by atoms with Crippen LogP contribution >= 0.6 is 0 Å².